The molecular formula is C8H11NO4. The summed E-state index contributed by atoms with van der Waals surface area (Å²) in [4.78, 5) is 33.1. The topological polar surface area (TPSA) is 74.7 Å². The summed E-state index contributed by atoms with van der Waals surface area (Å²) < 4.78 is 0. The number of hydrogen-bond acceptors (Lipinski definition) is 4. The summed E-state index contributed by atoms with van der Waals surface area (Å²) in [5.41, 5.74) is -0.316. The van der Waals surface area contributed by atoms with Crippen LogP contribution in [0.15, 0.2) is 12.2 Å². The van der Waals surface area contributed by atoms with Crippen LogP contribution in [-0.2, 0) is 14.4 Å². The number of Topliss-reactive ketones (excluding diaryl/α,β-unsaturated/α-hetero) is 1. The van der Waals surface area contributed by atoms with Gasteiger partial charge in [-0.3, -0.25) is 19.3 Å². The number of rotatable bonds is 3. The number of amides is 2. The second kappa shape index (κ2) is 4.51. The maximum Gasteiger partial charge on any atom is 0.265 e. The molecule has 5 heteroatoms. The first-order chi connectivity index (χ1) is 5.91. The van der Waals surface area contributed by atoms with Gasteiger partial charge in [0.25, 0.3) is 5.91 Å². The molecule has 5 nitrogen and oxygen atoms in total. The number of aliphatic hydroxyl groups is 1. The van der Waals surface area contributed by atoms with Gasteiger partial charge in [0, 0.05) is 6.92 Å². The minimum absolute atomic E-state index is 0.316. The minimum atomic E-state index is -0.859. The van der Waals surface area contributed by atoms with Crippen LogP contribution in [0.4, 0.5) is 0 Å². The number of nitrogens with zero attached hydrogens (tertiary/aromatic N) is 1. The van der Waals surface area contributed by atoms with E-state index in [1.54, 1.807) is 0 Å². The Hall–Kier alpha value is -1.49. The molecule has 0 aliphatic carbocycles. The molecule has 0 saturated heterocycles. The zero-order chi connectivity index (χ0) is 10.6. The molecule has 0 aliphatic rings. The lowest BCUT2D eigenvalue weighted by atomic mass is 10.2. The lowest BCUT2D eigenvalue weighted by molar-refractivity contribution is -0.145. The predicted octanol–water partition coefficient (Wildman–Crippen LogP) is -0.543. The van der Waals surface area contributed by atoms with Crippen LogP contribution in [0.2, 0.25) is 0 Å². The lowest BCUT2D eigenvalue weighted by Gasteiger charge is -2.15. The van der Waals surface area contributed by atoms with Crippen molar-refractivity contribution in [2.75, 3.05) is 6.73 Å². The number of carbonyl (C=O) groups excluding carboxylic acids is 3. The Morgan fingerprint density at radius 2 is 1.77 bits per heavy atom. The van der Waals surface area contributed by atoms with Crippen molar-refractivity contribution in [3.05, 3.63) is 12.2 Å². The van der Waals surface area contributed by atoms with E-state index in [-0.39, 0.29) is 5.57 Å². The zero-order valence-electron chi connectivity index (χ0n) is 7.53. The van der Waals surface area contributed by atoms with Crippen molar-refractivity contribution in [2.24, 2.45) is 0 Å². The Morgan fingerprint density at radius 1 is 1.31 bits per heavy atom. The van der Waals surface area contributed by atoms with Gasteiger partial charge in [0.05, 0.1) is 5.57 Å². The van der Waals surface area contributed by atoms with Crippen molar-refractivity contribution >= 4 is 17.6 Å². The maximum atomic E-state index is 11.2. The van der Waals surface area contributed by atoms with E-state index in [4.69, 9.17) is 5.11 Å². The number of ketones is 1. The first-order valence-corrected chi connectivity index (χ1v) is 3.55. The Balaban J connectivity index is 4.66. The molecule has 0 bridgehead atoms. The van der Waals surface area contributed by atoms with Gasteiger partial charge < -0.3 is 5.11 Å². The smallest absolute Gasteiger partial charge is 0.265 e. The summed E-state index contributed by atoms with van der Waals surface area (Å²) in [7, 11) is 0. The van der Waals surface area contributed by atoms with Crippen LogP contribution in [0, 0.1) is 0 Å². The number of imide groups is 1. The van der Waals surface area contributed by atoms with E-state index >= 15 is 0 Å². The molecule has 1 N–H and O–H groups in total. The normalized spacial score (nSPS) is 9.15. The maximum absolute atomic E-state index is 11.2. The second-order valence-electron chi connectivity index (χ2n) is 2.43. The second-order valence-corrected chi connectivity index (χ2v) is 2.43. The molecule has 0 rings (SSSR count). The van der Waals surface area contributed by atoms with Crippen LogP contribution in [0.1, 0.15) is 13.8 Å². The molecule has 72 valence electrons. The summed E-state index contributed by atoms with van der Waals surface area (Å²) in [6.07, 6.45) is 0. The summed E-state index contributed by atoms with van der Waals surface area (Å²) in [6, 6.07) is 0. The van der Waals surface area contributed by atoms with Gasteiger partial charge in [-0.25, -0.2) is 0 Å². The third-order valence-electron chi connectivity index (χ3n) is 1.45. The predicted molar refractivity (Wildman–Crippen MR) is 44.4 cm³/mol. The molecule has 2 amide bonds. The molecule has 0 atom stereocenters. The van der Waals surface area contributed by atoms with Gasteiger partial charge >= 0.3 is 0 Å². The first kappa shape index (κ1) is 11.5. The fraction of sp³-hybridized carbons (Fsp3) is 0.375. The average Bonchev–Trinajstić information content (AvgIpc) is 2.03. The first-order valence-electron chi connectivity index (χ1n) is 3.55. The van der Waals surface area contributed by atoms with Crippen LogP contribution in [0.25, 0.3) is 0 Å². The van der Waals surface area contributed by atoms with E-state index in [1.807, 2.05) is 0 Å². The van der Waals surface area contributed by atoms with Crippen LogP contribution >= 0.6 is 0 Å². The summed E-state index contributed by atoms with van der Waals surface area (Å²) in [5.74, 6) is -2.01. The largest absolute Gasteiger partial charge is 0.376 e. The van der Waals surface area contributed by atoms with Gasteiger partial charge in [0.1, 0.15) is 6.73 Å². The van der Waals surface area contributed by atoms with Crippen molar-refractivity contribution in [1.82, 2.24) is 4.90 Å². The summed E-state index contributed by atoms with van der Waals surface area (Å²) in [6.45, 7) is 4.73. The molecule has 0 aromatic carbocycles. The fourth-order valence-electron chi connectivity index (χ4n) is 0.620. The highest BCUT2D eigenvalue weighted by Gasteiger charge is 2.21. The minimum Gasteiger partial charge on any atom is -0.376 e. The van der Waals surface area contributed by atoms with Crippen molar-refractivity contribution < 1.29 is 19.5 Å². The van der Waals surface area contributed by atoms with E-state index < -0.39 is 24.3 Å². The number of carbonyl (C=O) groups is 3. The van der Waals surface area contributed by atoms with Gasteiger partial charge in [-0.2, -0.15) is 0 Å². The SMILES string of the molecule is C=C(C(C)=O)C(=O)N(CO)C(C)=O. The van der Waals surface area contributed by atoms with Crippen LogP contribution in [0.3, 0.4) is 0 Å². The van der Waals surface area contributed by atoms with E-state index in [2.05, 4.69) is 6.58 Å². The highest BCUT2D eigenvalue weighted by atomic mass is 16.3. The fourth-order valence-corrected chi connectivity index (χ4v) is 0.620. The Bertz CT molecular complexity index is 269. The number of hydrogen-bond donors (Lipinski definition) is 1. The molecule has 0 heterocycles. The number of aliphatic hydroxyl groups excluding tert-OH is 1. The molecule has 0 aromatic heterocycles. The average molecular weight is 185 g/mol. The standard InChI is InChI=1S/C8H11NO4/c1-5(6(2)11)8(13)9(4-10)7(3)12/h10H,1,4H2,2-3H3. The van der Waals surface area contributed by atoms with Gasteiger partial charge in [-0.1, -0.05) is 6.58 Å². The van der Waals surface area contributed by atoms with Crippen molar-refractivity contribution in [2.45, 2.75) is 13.8 Å². The molecule has 0 unspecified atom stereocenters. The highest BCUT2D eigenvalue weighted by molar-refractivity contribution is 6.20. The summed E-state index contributed by atoms with van der Waals surface area (Å²) in [5, 5.41) is 8.63. The van der Waals surface area contributed by atoms with E-state index in [9.17, 15) is 14.4 Å². The Labute approximate surface area is 75.6 Å². The summed E-state index contributed by atoms with van der Waals surface area (Å²) >= 11 is 0. The van der Waals surface area contributed by atoms with Gasteiger partial charge in [0.2, 0.25) is 5.91 Å². The van der Waals surface area contributed by atoms with Crippen LogP contribution in [-0.4, -0.2) is 34.3 Å². The molecule has 0 saturated carbocycles. The molecule has 0 fully saturated rings. The third kappa shape index (κ3) is 2.79. The van der Waals surface area contributed by atoms with E-state index in [0.717, 1.165) is 13.8 Å². The Morgan fingerprint density at radius 3 is 2.00 bits per heavy atom. The van der Waals surface area contributed by atoms with Crippen LogP contribution in [0.5, 0.6) is 0 Å². The van der Waals surface area contributed by atoms with Crippen molar-refractivity contribution in [3.8, 4) is 0 Å². The van der Waals surface area contributed by atoms with E-state index in [0.29, 0.717) is 4.90 Å². The van der Waals surface area contributed by atoms with Crippen LogP contribution < -0.4 is 0 Å². The third-order valence-corrected chi connectivity index (χ3v) is 1.45. The van der Waals surface area contributed by atoms with Crippen molar-refractivity contribution in [1.29, 1.82) is 0 Å². The lowest BCUT2D eigenvalue weighted by Crippen LogP contribution is -2.37. The van der Waals surface area contributed by atoms with Crippen molar-refractivity contribution in [3.63, 3.8) is 0 Å². The molecule has 0 radical (unpaired) electrons. The molecular weight excluding hydrogens is 174 g/mol. The zero-order valence-corrected chi connectivity index (χ0v) is 7.53. The van der Waals surface area contributed by atoms with Gasteiger partial charge in [-0.05, 0) is 6.92 Å². The quantitative estimate of drug-likeness (QED) is 0.277. The molecule has 0 spiro atoms. The van der Waals surface area contributed by atoms with Gasteiger partial charge in [-0.15, -0.1) is 0 Å². The highest BCUT2D eigenvalue weighted by Crippen LogP contribution is 2.00. The monoisotopic (exact) mass is 185 g/mol. The van der Waals surface area contributed by atoms with E-state index in [1.165, 1.54) is 0 Å². The molecule has 13 heavy (non-hydrogen) atoms. The Kier molecular flexibility index (Phi) is 4.00. The molecule has 0 aliphatic heterocycles. The van der Waals surface area contributed by atoms with Gasteiger partial charge in [0.15, 0.2) is 5.78 Å². The molecule has 0 aromatic rings.